The Bertz CT molecular complexity index is 888. The molecule has 2 heterocycles. The van der Waals surface area contributed by atoms with Crippen molar-refractivity contribution in [3.63, 3.8) is 0 Å². The summed E-state index contributed by atoms with van der Waals surface area (Å²) in [7, 11) is -3.44. The standard InChI is InChI=1S/C17H23N5O3S2/c1-13(2)22-12-18-20-17(22)26-11-16(23)19-14-5-7-15(8-6-14)27(24,25)21-9-3-4-10-21/h5-8,12-13H,3-4,9-11H2,1-2H3,(H,19,23). The summed E-state index contributed by atoms with van der Waals surface area (Å²) in [5, 5.41) is 11.4. The number of hydrogen-bond acceptors (Lipinski definition) is 6. The lowest BCUT2D eigenvalue weighted by molar-refractivity contribution is -0.113. The number of anilines is 1. The highest BCUT2D eigenvalue weighted by atomic mass is 32.2. The molecular weight excluding hydrogens is 386 g/mol. The van der Waals surface area contributed by atoms with Gasteiger partial charge < -0.3 is 9.88 Å². The van der Waals surface area contributed by atoms with E-state index in [1.54, 1.807) is 18.5 Å². The van der Waals surface area contributed by atoms with Crippen LogP contribution < -0.4 is 5.32 Å². The van der Waals surface area contributed by atoms with Gasteiger partial charge in [-0.25, -0.2) is 8.42 Å². The van der Waals surface area contributed by atoms with Crippen LogP contribution in [-0.4, -0.2) is 52.2 Å². The zero-order valence-electron chi connectivity index (χ0n) is 15.3. The zero-order valence-corrected chi connectivity index (χ0v) is 17.0. The maximum absolute atomic E-state index is 12.5. The molecule has 1 aliphatic heterocycles. The van der Waals surface area contributed by atoms with Crippen molar-refractivity contribution in [2.75, 3.05) is 24.2 Å². The van der Waals surface area contributed by atoms with E-state index in [2.05, 4.69) is 15.5 Å². The van der Waals surface area contributed by atoms with Gasteiger partial charge in [-0.05, 0) is 51.0 Å². The van der Waals surface area contributed by atoms with E-state index in [0.717, 1.165) is 12.8 Å². The molecule has 1 saturated heterocycles. The van der Waals surface area contributed by atoms with Crippen molar-refractivity contribution in [3.05, 3.63) is 30.6 Å². The van der Waals surface area contributed by atoms with Gasteiger partial charge in [0.05, 0.1) is 10.6 Å². The molecule has 10 heteroatoms. The zero-order chi connectivity index (χ0) is 19.4. The lowest BCUT2D eigenvalue weighted by Crippen LogP contribution is -2.27. The molecule has 1 aliphatic rings. The first-order valence-corrected chi connectivity index (χ1v) is 11.2. The van der Waals surface area contributed by atoms with Crippen molar-refractivity contribution in [2.45, 2.75) is 42.8 Å². The number of carbonyl (C=O) groups is 1. The third-order valence-corrected chi connectivity index (χ3v) is 7.14. The molecular formula is C17H23N5O3S2. The molecule has 0 atom stereocenters. The number of sulfonamides is 1. The number of nitrogens with one attached hydrogen (secondary N) is 1. The van der Waals surface area contributed by atoms with Gasteiger partial charge in [0, 0.05) is 24.8 Å². The number of carbonyl (C=O) groups excluding carboxylic acids is 1. The summed E-state index contributed by atoms with van der Waals surface area (Å²) < 4.78 is 28.4. The Labute approximate surface area is 163 Å². The van der Waals surface area contributed by atoms with Gasteiger partial charge >= 0.3 is 0 Å². The SMILES string of the molecule is CC(C)n1cnnc1SCC(=O)Nc1ccc(S(=O)(=O)N2CCCC2)cc1. The quantitative estimate of drug-likeness (QED) is 0.705. The molecule has 1 aromatic carbocycles. The Morgan fingerprint density at radius 3 is 2.52 bits per heavy atom. The first kappa shape index (κ1) is 19.8. The van der Waals surface area contributed by atoms with Crippen LogP contribution in [0.3, 0.4) is 0 Å². The smallest absolute Gasteiger partial charge is 0.243 e. The highest BCUT2D eigenvalue weighted by Gasteiger charge is 2.26. The fourth-order valence-electron chi connectivity index (χ4n) is 2.80. The molecule has 1 aromatic heterocycles. The molecule has 3 rings (SSSR count). The highest BCUT2D eigenvalue weighted by molar-refractivity contribution is 7.99. The highest BCUT2D eigenvalue weighted by Crippen LogP contribution is 2.23. The van der Waals surface area contributed by atoms with Gasteiger partial charge in [-0.15, -0.1) is 10.2 Å². The van der Waals surface area contributed by atoms with Crippen LogP contribution in [0.5, 0.6) is 0 Å². The minimum atomic E-state index is -3.44. The van der Waals surface area contributed by atoms with E-state index in [-0.39, 0.29) is 22.6 Å². The van der Waals surface area contributed by atoms with Crippen LogP contribution in [0.1, 0.15) is 32.7 Å². The lowest BCUT2D eigenvalue weighted by Gasteiger charge is -2.15. The summed E-state index contributed by atoms with van der Waals surface area (Å²) in [6, 6.07) is 6.51. The summed E-state index contributed by atoms with van der Waals surface area (Å²) in [6.07, 6.45) is 3.44. The van der Waals surface area contributed by atoms with Gasteiger partial charge in [-0.2, -0.15) is 4.31 Å². The molecule has 0 radical (unpaired) electrons. The largest absolute Gasteiger partial charge is 0.325 e. The van der Waals surface area contributed by atoms with Crippen molar-refractivity contribution in [3.8, 4) is 0 Å². The Morgan fingerprint density at radius 1 is 1.22 bits per heavy atom. The molecule has 1 amide bonds. The molecule has 0 aliphatic carbocycles. The average molecular weight is 410 g/mol. The van der Waals surface area contributed by atoms with E-state index in [1.165, 1.54) is 28.2 Å². The summed E-state index contributed by atoms with van der Waals surface area (Å²) in [4.78, 5) is 12.4. The Balaban J connectivity index is 1.58. The Kier molecular flexibility index (Phi) is 6.18. The van der Waals surface area contributed by atoms with Crippen LogP contribution in [0.2, 0.25) is 0 Å². The number of hydrogen-bond donors (Lipinski definition) is 1. The molecule has 2 aromatic rings. The predicted octanol–water partition coefficient (Wildman–Crippen LogP) is 2.37. The van der Waals surface area contributed by atoms with Crippen molar-refractivity contribution >= 4 is 33.4 Å². The van der Waals surface area contributed by atoms with Crippen molar-refractivity contribution in [1.82, 2.24) is 19.1 Å². The van der Waals surface area contributed by atoms with Gasteiger partial charge in [-0.1, -0.05) is 11.8 Å². The van der Waals surface area contributed by atoms with Gasteiger partial charge in [-0.3, -0.25) is 4.79 Å². The summed E-state index contributed by atoms with van der Waals surface area (Å²) in [6.45, 7) is 5.18. The monoisotopic (exact) mass is 409 g/mol. The third kappa shape index (κ3) is 4.69. The molecule has 0 saturated carbocycles. The molecule has 146 valence electrons. The van der Waals surface area contributed by atoms with E-state index < -0.39 is 10.0 Å². The fourth-order valence-corrected chi connectivity index (χ4v) is 5.17. The molecule has 0 spiro atoms. The van der Waals surface area contributed by atoms with E-state index >= 15 is 0 Å². The van der Waals surface area contributed by atoms with Crippen LogP contribution in [0, 0.1) is 0 Å². The van der Waals surface area contributed by atoms with Gasteiger partial charge in [0.2, 0.25) is 15.9 Å². The number of rotatable bonds is 7. The minimum absolute atomic E-state index is 0.187. The van der Waals surface area contributed by atoms with E-state index in [4.69, 9.17) is 0 Å². The maximum atomic E-state index is 12.5. The van der Waals surface area contributed by atoms with Crippen molar-refractivity contribution < 1.29 is 13.2 Å². The first-order valence-electron chi connectivity index (χ1n) is 8.80. The second kappa shape index (κ2) is 8.41. The molecule has 0 unspecified atom stereocenters. The summed E-state index contributed by atoms with van der Waals surface area (Å²) >= 11 is 1.31. The molecule has 0 bridgehead atoms. The lowest BCUT2D eigenvalue weighted by atomic mass is 10.3. The topological polar surface area (TPSA) is 97.2 Å². The van der Waals surface area contributed by atoms with Crippen molar-refractivity contribution in [1.29, 1.82) is 0 Å². The molecule has 1 N–H and O–H groups in total. The molecule has 27 heavy (non-hydrogen) atoms. The Hall–Kier alpha value is -1.91. The third-order valence-electron chi connectivity index (χ3n) is 4.27. The number of benzene rings is 1. The van der Waals surface area contributed by atoms with E-state index in [0.29, 0.717) is 23.9 Å². The van der Waals surface area contributed by atoms with Crippen LogP contribution in [0.15, 0.2) is 40.6 Å². The maximum Gasteiger partial charge on any atom is 0.243 e. The number of amides is 1. The number of nitrogens with zero attached hydrogens (tertiary/aromatic N) is 4. The van der Waals surface area contributed by atoms with E-state index in [1.807, 2.05) is 18.4 Å². The van der Waals surface area contributed by atoms with E-state index in [9.17, 15) is 13.2 Å². The molecule has 8 nitrogen and oxygen atoms in total. The summed E-state index contributed by atoms with van der Waals surface area (Å²) in [5.74, 6) is 0.00708. The van der Waals surface area contributed by atoms with Gasteiger partial charge in [0.25, 0.3) is 0 Å². The Morgan fingerprint density at radius 2 is 1.89 bits per heavy atom. The number of thioether (sulfide) groups is 1. The van der Waals surface area contributed by atoms with Crippen LogP contribution in [0.4, 0.5) is 5.69 Å². The number of aromatic nitrogens is 3. The predicted molar refractivity (Wildman–Crippen MR) is 104 cm³/mol. The second-order valence-corrected chi connectivity index (χ2v) is 9.47. The van der Waals surface area contributed by atoms with Crippen LogP contribution in [0.25, 0.3) is 0 Å². The minimum Gasteiger partial charge on any atom is -0.325 e. The second-order valence-electron chi connectivity index (χ2n) is 6.59. The van der Waals surface area contributed by atoms with Crippen LogP contribution in [-0.2, 0) is 14.8 Å². The van der Waals surface area contributed by atoms with Gasteiger partial charge in [0.15, 0.2) is 5.16 Å². The summed E-state index contributed by atoms with van der Waals surface area (Å²) in [5.41, 5.74) is 0.561. The fraction of sp³-hybridized carbons (Fsp3) is 0.471. The normalized spacial score (nSPS) is 15.4. The first-order chi connectivity index (χ1) is 12.9. The van der Waals surface area contributed by atoms with Crippen molar-refractivity contribution in [2.24, 2.45) is 0 Å². The average Bonchev–Trinajstić information content (AvgIpc) is 3.32. The van der Waals surface area contributed by atoms with Gasteiger partial charge in [0.1, 0.15) is 6.33 Å². The molecule has 1 fully saturated rings. The van der Waals surface area contributed by atoms with Crippen LogP contribution >= 0.6 is 11.8 Å².